The van der Waals surface area contributed by atoms with E-state index in [1.54, 1.807) is 6.07 Å². The number of nitrogens with zero attached hydrogens (tertiary/aromatic N) is 1. The Morgan fingerprint density at radius 1 is 1.20 bits per heavy atom. The maximum absolute atomic E-state index is 10.9. The molecule has 0 aliphatic heterocycles. The van der Waals surface area contributed by atoms with Crippen LogP contribution < -0.4 is 10.1 Å². The molecule has 0 spiro atoms. The molecule has 20 heavy (non-hydrogen) atoms. The molecule has 2 atom stereocenters. The average molecular weight is 278 g/mol. The van der Waals surface area contributed by atoms with Crippen molar-refractivity contribution in [2.24, 2.45) is 11.8 Å². The van der Waals surface area contributed by atoms with Crippen molar-refractivity contribution in [3.63, 3.8) is 0 Å². The number of rotatable bonds is 4. The topological polar surface area (TPSA) is 64.4 Å². The molecule has 0 heterocycles. The first kappa shape index (κ1) is 14.6. The number of benzene rings is 1. The van der Waals surface area contributed by atoms with Crippen LogP contribution in [0.3, 0.4) is 0 Å². The third kappa shape index (κ3) is 3.62. The van der Waals surface area contributed by atoms with Crippen LogP contribution in [0.1, 0.15) is 33.1 Å². The maximum atomic E-state index is 10.9. The van der Waals surface area contributed by atoms with Gasteiger partial charge in [-0.1, -0.05) is 13.8 Å². The smallest absolute Gasteiger partial charge is 0.275 e. The summed E-state index contributed by atoms with van der Waals surface area (Å²) >= 11 is 0. The van der Waals surface area contributed by atoms with Gasteiger partial charge in [-0.25, -0.2) is 0 Å². The second kappa shape index (κ2) is 6.11. The average Bonchev–Trinajstić information content (AvgIpc) is 2.36. The van der Waals surface area contributed by atoms with Crippen LogP contribution in [0.5, 0.6) is 5.75 Å². The number of non-ortho nitro benzene ring substituents is 1. The normalized spacial score (nSPS) is 26.1. The van der Waals surface area contributed by atoms with E-state index in [-0.39, 0.29) is 10.6 Å². The number of nitro benzene ring substituents is 1. The minimum atomic E-state index is -0.389. The Balaban J connectivity index is 2.15. The summed E-state index contributed by atoms with van der Waals surface area (Å²) in [4.78, 5) is 10.6. The van der Waals surface area contributed by atoms with Crippen LogP contribution in [-0.2, 0) is 0 Å². The van der Waals surface area contributed by atoms with E-state index in [1.165, 1.54) is 19.6 Å². The molecule has 1 aromatic rings. The Labute approximate surface area is 119 Å². The fourth-order valence-corrected chi connectivity index (χ4v) is 3.19. The van der Waals surface area contributed by atoms with Gasteiger partial charge in [0.05, 0.1) is 18.1 Å². The van der Waals surface area contributed by atoms with Gasteiger partial charge in [-0.3, -0.25) is 10.1 Å². The molecule has 1 aliphatic rings. The molecular formula is C15H22N2O3. The lowest BCUT2D eigenvalue weighted by atomic mass is 9.80. The molecule has 2 rings (SSSR count). The van der Waals surface area contributed by atoms with Gasteiger partial charge in [0.25, 0.3) is 5.69 Å². The summed E-state index contributed by atoms with van der Waals surface area (Å²) in [7, 11) is 1.52. The summed E-state index contributed by atoms with van der Waals surface area (Å²) in [5.41, 5.74) is 0.825. The lowest BCUT2D eigenvalue weighted by Crippen LogP contribution is -2.30. The second-order valence-corrected chi connectivity index (χ2v) is 5.94. The predicted octanol–water partition coefficient (Wildman–Crippen LogP) is 3.84. The van der Waals surface area contributed by atoms with Crippen molar-refractivity contribution >= 4 is 11.4 Å². The summed E-state index contributed by atoms with van der Waals surface area (Å²) in [6.45, 7) is 4.52. The fourth-order valence-electron chi connectivity index (χ4n) is 3.19. The molecule has 2 unspecified atom stereocenters. The Morgan fingerprint density at radius 3 is 2.40 bits per heavy atom. The van der Waals surface area contributed by atoms with E-state index >= 15 is 0 Å². The lowest BCUT2D eigenvalue weighted by Gasteiger charge is -2.32. The van der Waals surface area contributed by atoms with Crippen LogP contribution in [0.4, 0.5) is 11.4 Å². The highest BCUT2D eigenvalue weighted by molar-refractivity contribution is 5.56. The molecule has 0 bridgehead atoms. The van der Waals surface area contributed by atoms with Gasteiger partial charge in [-0.15, -0.1) is 0 Å². The maximum Gasteiger partial charge on any atom is 0.275 e. The van der Waals surface area contributed by atoms with E-state index in [2.05, 4.69) is 19.2 Å². The number of ether oxygens (including phenoxy) is 1. The zero-order valence-electron chi connectivity index (χ0n) is 12.3. The van der Waals surface area contributed by atoms with Crippen LogP contribution >= 0.6 is 0 Å². The summed E-state index contributed by atoms with van der Waals surface area (Å²) in [6.07, 6.45) is 3.47. The Morgan fingerprint density at radius 2 is 1.85 bits per heavy atom. The van der Waals surface area contributed by atoms with Crippen molar-refractivity contribution in [3.8, 4) is 5.75 Å². The van der Waals surface area contributed by atoms with E-state index < -0.39 is 0 Å². The highest BCUT2D eigenvalue weighted by Crippen LogP contribution is 2.32. The van der Waals surface area contributed by atoms with Gasteiger partial charge in [-0.05, 0) is 31.1 Å². The number of anilines is 1. The molecular weight excluding hydrogens is 256 g/mol. The molecule has 0 radical (unpaired) electrons. The molecule has 5 heteroatoms. The molecule has 110 valence electrons. The van der Waals surface area contributed by atoms with Gasteiger partial charge in [0.1, 0.15) is 5.75 Å². The fraction of sp³-hybridized carbons (Fsp3) is 0.600. The molecule has 1 saturated carbocycles. The van der Waals surface area contributed by atoms with Gasteiger partial charge in [0, 0.05) is 23.9 Å². The predicted molar refractivity (Wildman–Crippen MR) is 79.2 cm³/mol. The van der Waals surface area contributed by atoms with Crippen LogP contribution in [0.15, 0.2) is 18.2 Å². The van der Waals surface area contributed by atoms with Crippen LogP contribution in [-0.4, -0.2) is 18.1 Å². The van der Waals surface area contributed by atoms with Crippen molar-refractivity contribution in [1.29, 1.82) is 0 Å². The van der Waals surface area contributed by atoms with Crippen molar-refractivity contribution in [2.45, 2.75) is 39.2 Å². The third-order valence-corrected chi connectivity index (χ3v) is 3.89. The molecule has 1 aromatic carbocycles. The van der Waals surface area contributed by atoms with E-state index in [0.717, 1.165) is 18.5 Å². The Kier molecular flexibility index (Phi) is 4.47. The molecule has 0 saturated heterocycles. The van der Waals surface area contributed by atoms with Crippen LogP contribution in [0.2, 0.25) is 0 Å². The van der Waals surface area contributed by atoms with Crippen molar-refractivity contribution in [1.82, 2.24) is 0 Å². The minimum Gasteiger partial charge on any atom is -0.496 e. The molecule has 1 fully saturated rings. The Bertz CT molecular complexity index is 480. The molecule has 0 aromatic heterocycles. The quantitative estimate of drug-likeness (QED) is 0.671. The lowest BCUT2D eigenvalue weighted by molar-refractivity contribution is -0.384. The van der Waals surface area contributed by atoms with E-state index in [1.807, 2.05) is 6.07 Å². The number of hydrogen-bond donors (Lipinski definition) is 1. The molecule has 1 N–H and O–H groups in total. The minimum absolute atomic E-state index is 0.0590. The standard InChI is InChI=1S/C15H22N2O3/c1-10-4-11(2)6-12(5-10)16-13-7-14(17(18)19)9-15(8-13)20-3/h7-12,16H,4-6H2,1-3H3. The third-order valence-electron chi connectivity index (χ3n) is 3.89. The van der Waals surface area contributed by atoms with Crippen molar-refractivity contribution in [3.05, 3.63) is 28.3 Å². The first-order valence-corrected chi connectivity index (χ1v) is 7.08. The van der Waals surface area contributed by atoms with Gasteiger partial charge in [0.2, 0.25) is 0 Å². The largest absolute Gasteiger partial charge is 0.496 e. The van der Waals surface area contributed by atoms with E-state index in [4.69, 9.17) is 4.74 Å². The Hall–Kier alpha value is -1.78. The van der Waals surface area contributed by atoms with Crippen LogP contribution in [0.25, 0.3) is 0 Å². The molecule has 1 aliphatic carbocycles. The van der Waals surface area contributed by atoms with Crippen LogP contribution in [0, 0.1) is 22.0 Å². The zero-order valence-corrected chi connectivity index (χ0v) is 12.3. The molecule has 0 amide bonds. The van der Waals surface area contributed by atoms with E-state index in [9.17, 15) is 10.1 Å². The second-order valence-electron chi connectivity index (χ2n) is 5.94. The highest BCUT2D eigenvalue weighted by Gasteiger charge is 2.24. The SMILES string of the molecule is COc1cc(NC2CC(C)CC(C)C2)cc([N+](=O)[O-])c1. The van der Waals surface area contributed by atoms with Gasteiger partial charge in [-0.2, -0.15) is 0 Å². The number of nitro groups is 1. The first-order valence-electron chi connectivity index (χ1n) is 7.08. The van der Waals surface area contributed by atoms with Crippen molar-refractivity contribution in [2.75, 3.05) is 12.4 Å². The summed E-state index contributed by atoms with van der Waals surface area (Å²) in [6, 6.07) is 5.21. The molecule has 5 nitrogen and oxygen atoms in total. The number of nitrogens with one attached hydrogen (secondary N) is 1. The van der Waals surface area contributed by atoms with Gasteiger partial charge in [0.15, 0.2) is 0 Å². The monoisotopic (exact) mass is 278 g/mol. The highest BCUT2D eigenvalue weighted by atomic mass is 16.6. The summed E-state index contributed by atoms with van der Waals surface area (Å²) in [5, 5.41) is 14.4. The zero-order chi connectivity index (χ0) is 14.7. The number of methoxy groups -OCH3 is 1. The number of hydrogen-bond acceptors (Lipinski definition) is 4. The first-order chi connectivity index (χ1) is 9.47. The summed E-state index contributed by atoms with van der Waals surface area (Å²) < 4.78 is 5.13. The van der Waals surface area contributed by atoms with Gasteiger partial charge >= 0.3 is 0 Å². The van der Waals surface area contributed by atoms with Crippen molar-refractivity contribution < 1.29 is 9.66 Å². The summed E-state index contributed by atoms with van der Waals surface area (Å²) in [5.74, 6) is 1.90. The van der Waals surface area contributed by atoms with E-state index in [0.29, 0.717) is 23.6 Å². The van der Waals surface area contributed by atoms with Gasteiger partial charge < -0.3 is 10.1 Å².